The SMILES string of the molecule is CCOC(=O)N1CCC(C(O)CC2C(c3ccccc3)=C(C)c3cncn32)CC1. The molecule has 1 amide bonds. The Morgan fingerprint density at radius 1 is 1.28 bits per heavy atom. The van der Waals surface area contributed by atoms with Crippen molar-refractivity contribution >= 4 is 17.2 Å². The molecule has 2 aromatic rings. The maximum absolute atomic E-state index is 11.9. The highest BCUT2D eigenvalue weighted by molar-refractivity contribution is 5.93. The van der Waals surface area contributed by atoms with Crippen LogP contribution in [0, 0.1) is 5.92 Å². The van der Waals surface area contributed by atoms with Gasteiger partial charge in [0.2, 0.25) is 0 Å². The summed E-state index contributed by atoms with van der Waals surface area (Å²) in [5.74, 6) is 0.186. The zero-order chi connectivity index (χ0) is 20.4. The number of nitrogens with zero attached hydrogens (tertiary/aromatic N) is 3. The van der Waals surface area contributed by atoms with Crippen LogP contribution in [0.3, 0.4) is 0 Å². The van der Waals surface area contributed by atoms with E-state index in [4.69, 9.17) is 4.74 Å². The minimum absolute atomic E-state index is 0.0768. The van der Waals surface area contributed by atoms with Crippen molar-refractivity contribution in [1.29, 1.82) is 0 Å². The van der Waals surface area contributed by atoms with E-state index in [1.54, 1.807) is 4.90 Å². The van der Waals surface area contributed by atoms with Gasteiger partial charge in [0.05, 0.1) is 37.0 Å². The third-order valence-electron chi connectivity index (χ3n) is 6.28. The molecule has 29 heavy (non-hydrogen) atoms. The summed E-state index contributed by atoms with van der Waals surface area (Å²) < 4.78 is 7.29. The molecule has 0 aliphatic carbocycles. The maximum Gasteiger partial charge on any atom is 0.409 e. The molecule has 0 saturated carbocycles. The predicted molar refractivity (Wildman–Crippen MR) is 112 cm³/mol. The van der Waals surface area contributed by atoms with E-state index in [1.165, 1.54) is 16.7 Å². The second-order valence-corrected chi connectivity index (χ2v) is 7.93. The number of hydrogen-bond donors (Lipinski definition) is 1. The predicted octanol–water partition coefficient (Wildman–Crippen LogP) is 3.99. The molecule has 2 atom stereocenters. The van der Waals surface area contributed by atoms with Gasteiger partial charge in [0.15, 0.2) is 0 Å². The summed E-state index contributed by atoms with van der Waals surface area (Å²) in [6, 6.07) is 10.5. The number of aromatic nitrogens is 2. The Kier molecular flexibility index (Phi) is 5.72. The Bertz CT molecular complexity index is 882. The number of imidazole rings is 1. The van der Waals surface area contributed by atoms with Crippen LogP contribution in [0.15, 0.2) is 42.9 Å². The highest BCUT2D eigenvalue weighted by atomic mass is 16.6. The zero-order valence-electron chi connectivity index (χ0n) is 17.1. The van der Waals surface area contributed by atoms with Gasteiger partial charge in [0.25, 0.3) is 0 Å². The summed E-state index contributed by atoms with van der Waals surface area (Å²) >= 11 is 0. The first-order valence-electron chi connectivity index (χ1n) is 10.5. The Morgan fingerprint density at radius 3 is 2.69 bits per heavy atom. The molecule has 1 saturated heterocycles. The van der Waals surface area contributed by atoms with Gasteiger partial charge >= 0.3 is 6.09 Å². The van der Waals surface area contributed by atoms with Crippen molar-refractivity contribution in [2.75, 3.05) is 19.7 Å². The van der Waals surface area contributed by atoms with Crippen LogP contribution in [-0.4, -0.2) is 51.5 Å². The van der Waals surface area contributed by atoms with Crippen molar-refractivity contribution in [3.63, 3.8) is 0 Å². The largest absolute Gasteiger partial charge is 0.450 e. The molecule has 6 heteroatoms. The third-order valence-corrected chi connectivity index (χ3v) is 6.28. The number of rotatable bonds is 5. The number of fused-ring (bicyclic) bond motifs is 1. The van der Waals surface area contributed by atoms with Crippen molar-refractivity contribution in [2.24, 2.45) is 5.92 Å². The lowest BCUT2D eigenvalue weighted by Crippen LogP contribution is -2.41. The van der Waals surface area contributed by atoms with Gasteiger partial charge in [0.1, 0.15) is 0 Å². The van der Waals surface area contributed by atoms with Crippen LogP contribution in [0.5, 0.6) is 0 Å². The van der Waals surface area contributed by atoms with Gasteiger partial charge in [-0.1, -0.05) is 30.3 Å². The molecule has 2 aliphatic heterocycles. The molecule has 1 aromatic carbocycles. The molecule has 2 aliphatic rings. The molecule has 154 valence electrons. The van der Waals surface area contributed by atoms with Gasteiger partial charge in [-0.25, -0.2) is 9.78 Å². The Labute approximate surface area is 171 Å². The van der Waals surface area contributed by atoms with Crippen LogP contribution in [0.25, 0.3) is 11.1 Å². The minimum Gasteiger partial charge on any atom is -0.450 e. The molecule has 4 rings (SSSR count). The Balaban J connectivity index is 1.48. The second-order valence-electron chi connectivity index (χ2n) is 7.93. The normalized spacial score (nSPS) is 20.7. The molecule has 3 heterocycles. The molecular formula is C23H29N3O3. The summed E-state index contributed by atoms with van der Waals surface area (Å²) in [5, 5.41) is 11.1. The molecule has 2 unspecified atom stereocenters. The van der Waals surface area contributed by atoms with Crippen LogP contribution in [0.4, 0.5) is 4.79 Å². The number of allylic oxidation sites excluding steroid dienone is 2. The van der Waals surface area contributed by atoms with Crippen molar-refractivity contribution in [3.8, 4) is 0 Å². The molecule has 0 bridgehead atoms. The first kappa shape index (κ1) is 19.7. The maximum atomic E-state index is 11.9. The van der Waals surface area contributed by atoms with Crippen LogP contribution >= 0.6 is 0 Å². The highest BCUT2D eigenvalue weighted by Crippen LogP contribution is 2.45. The van der Waals surface area contributed by atoms with Gasteiger partial charge in [-0.3, -0.25) is 0 Å². The van der Waals surface area contributed by atoms with E-state index in [-0.39, 0.29) is 18.1 Å². The standard InChI is InChI=1S/C23H29N3O3/c1-3-29-23(28)25-11-9-17(10-12-25)21(27)13-19-22(18-7-5-4-6-8-18)16(2)20-14-24-15-26(19)20/h4-8,14-15,17,19,21,27H,3,9-13H2,1-2H3. The number of piperidine rings is 1. The van der Waals surface area contributed by atoms with E-state index < -0.39 is 6.10 Å². The van der Waals surface area contributed by atoms with Gasteiger partial charge in [-0.05, 0) is 55.7 Å². The van der Waals surface area contributed by atoms with Crippen LogP contribution < -0.4 is 0 Å². The molecule has 0 spiro atoms. The molecular weight excluding hydrogens is 366 g/mol. The molecule has 6 nitrogen and oxygen atoms in total. The van der Waals surface area contributed by atoms with E-state index in [9.17, 15) is 9.90 Å². The number of likely N-dealkylation sites (tertiary alicyclic amines) is 1. The summed E-state index contributed by atoms with van der Waals surface area (Å²) in [7, 11) is 0. The highest BCUT2D eigenvalue weighted by Gasteiger charge is 2.35. The van der Waals surface area contributed by atoms with Crippen molar-refractivity contribution < 1.29 is 14.6 Å². The van der Waals surface area contributed by atoms with Crippen LogP contribution in [0.2, 0.25) is 0 Å². The number of benzene rings is 1. The van der Waals surface area contributed by atoms with Gasteiger partial charge in [0, 0.05) is 13.1 Å². The van der Waals surface area contributed by atoms with E-state index in [0.717, 1.165) is 18.5 Å². The quantitative estimate of drug-likeness (QED) is 0.831. The van der Waals surface area contributed by atoms with Gasteiger partial charge < -0.3 is 19.3 Å². The number of carbonyl (C=O) groups is 1. The fraction of sp³-hybridized carbons (Fsp3) is 0.478. The van der Waals surface area contributed by atoms with E-state index in [2.05, 4.69) is 40.7 Å². The lowest BCUT2D eigenvalue weighted by molar-refractivity contribution is 0.0409. The molecule has 1 N–H and O–H groups in total. The van der Waals surface area contributed by atoms with E-state index in [1.807, 2.05) is 25.5 Å². The van der Waals surface area contributed by atoms with E-state index >= 15 is 0 Å². The average molecular weight is 396 g/mol. The molecule has 1 fully saturated rings. The first-order chi connectivity index (χ1) is 14.1. The average Bonchev–Trinajstić information content (AvgIpc) is 3.32. The van der Waals surface area contributed by atoms with Crippen molar-refractivity contribution in [1.82, 2.24) is 14.5 Å². The number of carbonyl (C=O) groups excluding carboxylic acids is 1. The number of aliphatic hydroxyl groups is 1. The summed E-state index contributed by atoms with van der Waals surface area (Å²) in [4.78, 5) is 18.0. The monoisotopic (exact) mass is 395 g/mol. The van der Waals surface area contributed by atoms with Gasteiger partial charge in [-0.2, -0.15) is 0 Å². The fourth-order valence-electron chi connectivity index (χ4n) is 4.73. The summed E-state index contributed by atoms with van der Waals surface area (Å²) in [6.45, 7) is 5.63. The zero-order valence-corrected chi connectivity index (χ0v) is 17.1. The smallest absolute Gasteiger partial charge is 0.409 e. The van der Waals surface area contributed by atoms with Crippen LogP contribution in [-0.2, 0) is 4.74 Å². The van der Waals surface area contributed by atoms with Crippen LogP contribution in [0.1, 0.15) is 50.4 Å². The number of aliphatic hydroxyl groups excluding tert-OH is 1. The van der Waals surface area contributed by atoms with E-state index in [0.29, 0.717) is 26.1 Å². The first-order valence-corrected chi connectivity index (χ1v) is 10.5. The summed E-state index contributed by atoms with van der Waals surface area (Å²) in [5.41, 5.74) is 4.82. The summed E-state index contributed by atoms with van der Waals surface area (Å²) in [6.07, 6.45) is 5.35. The third kappa shape index (κ3) is 3.81. The molecule has 0 radical (unpaired) electrons. The lowest BCUT2D eigenvalue weighted by atomic mass is 9.85. The van der Waals surface area contributed by atoms with Crippen molar-refractivity contribution in [3.05, 3.63) is 54.1 Å². The fourth-order valence-corrected chi connectivity index (χ4v) is 4.73. The lowest BCUT2D eigenvalue weighted by Gasteiger charge is -2.34. The minimum atomic E-state index is -0.427. The number of amides is 1. The van der Waals surface area contributed by atoms with Crippen molar-refractivity contribution in [2.45, 2.75) is 45.3 Å². The second kappa shape index (κ2) is 8.41. The number of ether oxygens (including phenoxy) is 1. The molecule has 1 aromatic heterocycles. The number of hydrogen-bond acceptors (Lipinski definition) is 4. The van der Waals surface area contributed by atoms with Gasteiger partial charge in [-0.15, -0.1) is 0 Å². The Hall–Kier alpha value is -2.60. The Morgan fingerprint density at radius 2 is 2.00 bits per heavy atom. The topological polar surface area (TPSA) is 67.6 Å².